The van der Waals surface area contributed by atoms with E-state index in [1.807, 2.05) is 19.9 Å². The lowest BCUT2D eigenvalue weighted by molar-refractivity contribution is 0.407. The maximum Gasteiger partial charge on any atom is 0.137 e. The first-order valence-electron chi connectivity index (χ1n) is 4.31. The van der Waals surface area contributed by atoms with Crippen LogP contribution in [-0.4, -0.2) is 7.11 Å². The summed E-state index contributed by atoms with van der Waals surface area (Å²) in [7, 11) is 1.62. The first-order valence-corrected chi connectivity index (χ1v) is 5.10. The van der Waals surface area contributed by atoms with Crippen LogP contribution in [0.3, 0.4) is 0 Å². The number of methoxy groups -OCH3 is 1. The molecule has 3 heteroatoms. The summed E-state index contributed by atoms with van der Waals surface area (Å²) >= 11 is 3.43. The predicted molar refractivity (Wildman–Crippen MR) is 59.5 cm³/mol. The zero-order valence-electron chi connectivity index (χ0n) is 8.52. The van der Waals surface area contributed by atoms with Crippen molar-refractivity contribution >= 4 is 15.9 Å². The van der Waals surface area contributed by atoms with Gasteiger partial charge in [0.25, 0.3) is 0 Å². The van der Waals surface area contributed by atoms with E-state index in [2.05, 4.69) is 22.0 Å². The molecule has 0 aromatic heterocycles. The molecule has 0 heterocycles. The van der Waals surface area contributed by atoms with Gasteiger partial charge in [0.1, 0.15) is 5.75 Å². The lowest BCUT2D eigenvalue weighted by Gasteiger charge is -2.13. The van der Waals surface area contributed by atoms with Gasteiger partial charge in [-0.25, -0.2) is 0 Å². The van der Waals surface area contributed by atoms with Gasteiger partial charge in [-0.15, -0.1) is 0 Å². The van der Waals surface area contributed by atoms with Gasteiger partial charge in [-0.2, -0.15) is 5.26 Å². The molecule has 2 nitrogen and oxygen atoms in total. The van der Waals surface area contributed by atoms with Gasteiger partial charge in [0.05, 0.1) is 24.1 Å². The highest BCUT2D eigenvalue weighted by Crippen LogP contribution is 2.33. The summed E-state index contributed by atoms with van der Waals surface area (Å²) in [5.41, 5.74) is 3.27. The first kappa shape index (κ1) is 11.1. The SMILES string of the molecule is COc1c(Br)cc(C)c(C)c1CC#N. The molecule has 1 rings (SSSR count). The predicted octanol–water partition coefficient (Wildman–Crippen LogP) is 3.14. The number of halogens is 1. The molecular weight excluding hydrogens is 242 g/mol. The molecule has 74 valence electrons. The Kier molecular flexibility index (Phi) is 3.54. The Morgan fingerprint density at radius 2 is 2.14 bits per heavy atom. The average molecular weight is 254 g/mol. The summed E-state index contributed by atoms with van der Waals surface area (Å²) in [4.78, 5) is 0. The van der Waals surface area contributed by atoms with E-state index in [4.69, 9.17) is 10.00 Å². The van der Waals surface area contributed by atoms with E-state index in [0.29, 0.717) is 6.42 Å². The van der Waals surface area contributed by atoms with Crippen LogP contribution in [0.15, 0.2) is 10.5 Å². The molecule has 0 unspecified atom stereocenters. The van der Waals surface area contributed by atoms with Crippen LogP contribution in [0.25, 0.3) is 0 Å². The van der Waals surface area contributed by atoms with Crippen LogP contribution in [0.1, 0.15) is 16.7 Å². The van der Waals surface area contributed by atoms with Crippen LogP contribution in [0.5, 0.6) is 5.75 Å². The monoisotopic (exact) mass is 253 g/mol. The molecule has 0 saturated carbocycles. The Labute approximate surface area is 92.6 Å². The summed E-state index contributed by atoms with van der Waals surface area (Å²) in [6, 6.07) is 4.16. The third kappa shape index (κ3) is 1.91. The van der Waals surface area contributed by atoms with Gasteiger partial charge in [0.15, 0.2) is 0 Å². The zero-order valence-corrected chi connectivity index (χ0v) is 10.1. The Morgan fingerprint density at radius 1 is 1.50 bits per heavy atom. The minimum absolute atomic E-state index is 0.384. The highest BCUT2D eigenvalue weighted by molar-refractivity contribution is 9.10. The van der Waals surface area contributed by atoms with Crippen LogP contribution in [0, 0.1) is 25.2 Å². The van der Waals surface area contributed by atoms with Gasteiger partial charge in [-0.1, -0.05) is 0 Å². The Bertz CT molecular complexity index is 393. The minimum Gasteiger partial charge on any atom is -0.495 e. The highest BCUT2D eigenvalue weighted by atomic mass is 79.9. The number of nitrogens with zero attached hydrogens (tertiary/aromatic N) is 1. The summed E-state index contributed by atoms with van der Waals surface area (Å²) in [5, 5.41) is 8.73. The van der Waals surface area contributed by atoms with E-state index in [9.17, 15) is 0 Å². The van der Waals surface area contributed by atoms with E-state index in [1.165, 1.54) is 5.56 Å². The number of benzene rings is 1. The molecule has 0 bridgehead atoms. The van der Waals surface area contributed by atoms with Gasteiger partial charge in [-0.05, 0) is 47.0 Å². The van der Waals surface area contributed by atoms with Gasteiger partial charge in [0, 0.05) is 5.56 Å². The third-order valence-corrected chi connectivity index (χ3v) is 2.93. The average Bonchev–Trinajstić information content (AvgIpc) is 2.14. The van der Waals surface area contributed by atoms with E-state index >= 15 is 0 Å². The van der Waals surface area contributed by atoms with Crippen molar-refractivity contribution < 1.29 is 4.74 Å². The van der Waals surface area contributed by atoms with Gasteiger partial charge >= 0.3 is 0 Å². The summed E-state index contributed by atoms with van der Waals surface area (Å²) in [5.74, 6) is 0.773. The Balaban J connectivity index is 3.41. The molecule has 0 atom stereocenters. The largest absolute Gasteiger partial charge is 0.495 e. The Hall–Kier alpha value is -1.01. The van der Waals surface area contributed by atoms with Crippen molar-refractivity contribution in [3.63, 3.8) is 0 Å². The lowest BCUT2D eigenvalue weighted by Crippen LogP contribution is -1.98. The van der Waals surface area contributed by atoms with Crippen LogP contribution in [0.2, 0.25) is 0 Å². The van der Waals surface area contributed by atoms with Crippen LogP contribution >= 0.6 is 15.9 Å². The fraction of sp³-hybridized carbons (Fsp3) is 0.364. The number of rotatable bonds is 2. The second-order valence-corrected chi connectivity index (χ2v) is 4.00. The van der Waals surface area contributed by atoms with E-state index in [1.54, 1.807) is 7.11 Å². The molecule has 0 N–H and O–H groups in total. The maximum absolute atomic E-state index is 8.73. The van der Waals surface area contributed by atoms with Crippen LogP contribution in [0.4, 0.5) is 0 Å². The molecule has 1 aromatic rings. The number of ether oxygens (including phenoxy) is 1. The smallest absolute Gasteiger partial charge is 0.137 e. The molecule has 14 heavy (non-hydrogen) atoms. The lowest BCUT2D eigenvalue weighted by atomic mass is 10.0. The Morgan fingerprint density at radius 3 is 2.64 bits per heavy atom. The molecule has 0 amide bonds. The summed E-state index contributed by atoms with van der Waals surface area (Å²) < 4.78 is 6.18. The minimum atomic E-state index is 0.384. The van der Waals surface area contributed by atoms with Crippen molar-refractivity contribution in [1.29, 1.82) is 5.26 Å². The second kappa shape index (κ2) is 4.47. The highest BCUT2D eigenvalue weighted by Gasteiger charge is 2.12. The van der Waals surface area contributed by atoms with Gasteiger partial charge < -0.3 is 4.74 Å². The number of nitriles is 1. The molecule has 0 aliphatic carbocycles. The molecule has 1 aromatic carbocycles. The summed E-state index contributed by atoms with van der Waals surface area (Å²) in [6.45, 7) is 4.04. The standard InChI is InChI=1S/C11H12BrNO/c1-7-6-10(12)11(14-3)9(4-5-13)8(7)2/h6H,4H2,1-3H3. The third-order valence-electron chi connectivity index (χ3n) is 2.34. The van der Waals surface area contributed by atoms with Crippen LogP contribution < -0.4 is 4.74 Å². The molecular formula is C11H12BrNO. The van der Waals surface area contributed by atoms with E-state index in [-0.39, 0.29) is 0 Å². The zero-order chi connectivity index (χ0) is 10.7. The van der Waals surface area contributed by atoms with Crippen molar-refractivity contribution in [2.75, 3.05) is 7.11 Å². The normalized spacial score (nSPS) is 9.64. The van der Waals surface area contributed by atoms with Crippen molar-refractivity contribution in [3.8, 4) is 11.8 Å². The number of hydrogen-bond donors (Lipinski definition) is 0. The molecule has 0 aliphatic rings. The van der Waals surface area contributed by atoms with Crippen molar-refractivity contribution in [2.24, 2.45) is 0 Å². The second-order valence-electron chi connectivity index (χ2n) is 3.15. The maximum atomic E-state index is 8.73. The van der Waals surface area contributed by atoms with Crippen molar-refractivity contribution in [1.82, 2.24) is 0 Å². The van der Waals surface area contributed by atoms with E-state index < -0.39 is 0 Å². The summed E-state index contributed by atoms with van der Waals surface area (Å²) in [6.07, 6.45) is 0.384. The molecule has 0 saturated heterocycles. The van der Waals surface area contributed by atoms with Crippen LogP contribution in [-0.2, 0) is 6.42 Å². The fourth-order valence-corrected chi connectivity index (χ4v) is 2.17. The van der Waals surface area contributed by atoms with Gasteiger partial charge in [0.2, 0.25) is 0 Å². The first-order chi connectivity index (χ1) is 6.61. The van der Waals surface area contributed by atoms with Crippen molar-refractivity contribution in [2.45, 2.75) is 20.3 Å². The fourth-order valence-electron chi connectivity index (χ4n) is 1.43. The number of hydrogen-bond acceptors (Lipinski definition) is 2. The molecule has 0 fully saturated rings. The number of aryl methyl sites for hydroxylation is 1. The van der Waals surface area contributed by atoms with Gasteiger partial charge in [-0.3, -0.25) is 0 Å². The molecule has 0 aliphatic heterocycles. The van der Waals surface area contributed by atoms with E-state index in [0.717, 1.165) is 21.3 Å². The molecule has 0 spiro atoms. The van der Waals surface area contributed by atoms with Crippen molar-refractivity contribution in [3.05, 3.63) is 27.2 Å². The molecule has 0 radical (unpaired) electrons. The topological polar surface area (TPSA) is 33.0 Å². The quantitative estimate of drug-likeness (QED) is 0.812.